The van der Waals surface area contributed by atoms with Crippen molar-refractivity contribution in [3.8, 4) is 11.8 Å². The Morgan fingerprint density at radius 2 is 2.16 bits per heavy atom. The first-order valence-electron chi connectivity index (χ1n) is 9.04. The maximum absolute atomic E-state index is 11.9. The molecule has 1 aromatic rings. The molecule has 0 spiro atoms. The number of benzene rings is 1. The minimum Gasteiger partial charge on any atom is -0.479 e. The van der Waals surface area contributed by atoms with Crippen LogP contribution in [0.15, 0.2) is 24.3 Å². The number of hydrogen-bond donors (Lipinski definition) is 2. The Kier molecular flexibility index (Phi) is 8.06. The van der Waals surface area contributed by atoms with Crippen molar-refractivity contribution in [3.63, 3.8) is 0 Å². The summed E-state index contributed by atoms with van der Waals surface area (Å²) in [5, 5.41) is 14.1. The molecule has 2 amide bonds. The smallest absolute Gasteiger partial charge is 0.319 e. The Hall–Kier alpha value is -2.26. The molecule has 1 aliphatic rings. The van der Waals surface area contributed by atoms with Crippen LogP contribution in [-0.2, 0) is 0 Å². The SMILES string of the molecule is C[C@@H]1CCCN(CCCCNC(=O)Nc2ccc(OCC#N)cc2)C1. The van der Waals surface area contributed by atoms with Gasteiger partial charge in [0.05, 0.1) is 0 Å². The average molecular weight is 344 g/mol. The molecule has 0 saturated carbocycles. The fraction of sp³-hybridized carbons (Fsp3) is 0.579. The summed E-state index contributed by atoms with van der Waals surface area (Å²) in [7, 11) is 0. The predicted octanol–water partition coefficient (Wildman–Crippen LogP) is 3.22. The third-order valence-electron chi connectivity index (χ3n) is 4.34. The number of nitriles is 1. The van der Waals surface area contributed by atoms with E-state index in [-0.39, 0.29) is 12.6 Å². The molecule has 0 bridgehead atoms. The Bertz CT molecular complexity index is 568. The molecular weight excluding hydrogens is 316 g/mol. The van der Waals surface area contributed by atoms with E-state index in [1.165, 1.54) is 25.9 Å². The highest BCUT2D eigenvalue weighted by molar-refractivity contribution is 5.89. The lowest BCUT2D eigenvalue weighted by Crippen LogP contribution is -2.35. The quantitative estimate of drug-likeness (QED) is 0.710. The molecule has 1 aromatic carbocycles. The number of carbonyl (C=O) groups excluding carboxylic acids is 1. The molecule has 1 fully saturated rings. The van der Waals surface area contributed by atoms with Gasteiger partial charge in [0.2, 0.25) is 0 Å². The largest absolute Gasteiger partial charge is 0.479 e. The summed E-state index contributed by atoms with van der Waals surface area (Å²) >= 11 is 0. The van der Waals surface area contributed by atoms with E-state index in [9.17, 15) is 4.79 Å². The van der Waals surface area contributed by atoms with E-state index >= 15 is 0 Å². The number of unbranched alkanes of at least 4 members (excludes halogenated alkanes) is 1. The Balaban J connectivity index is 1.57. The highest BCUT2D eigenvalue weighted by Gasteiger charge is 2.15. The van der Waals surface area contributed by atoms with Crippen LogP contribution >= 0.6 is 0 Å². The zero-order chi connectivity index (χ0) is 17.9. The van der Waals surface area contributed by atoms with Crippen molar-refractivity contribution in [2.75, 3.05) is 38.1 Å². The summed E-state index contributed by atoms with van der Waals surface area (Å²) in [6.45, 7) is 6.56. The van der Waals surface area contributed by atoms with Gasteiger partial charge in [-0.05, 0) is 69.0 Å². The fourth-order valence-electron chi connectivity index (χ4n) is 3.08. The summed E-state index contributed by atoms with van der Waals surface area (Å²) in [6.07, 6.45) is 4.75. The minimum atomic E-state index is -0.197. The molecule has 1 heterocycles. The summed E-state index contributed by atoms with van der Waals surface area (Å²) in [6, 6.07) is 8.68. The standard InChI is InChI=1S/C19H28N4O2/c1-16-5-4-13-23(15-16)12-3-2-11-21-19(24)22-17-6-8-18(9-7-17)25-14-10-20/h6-9,16H,2-5,11-15H2,1H3,(H2,21,22,24)/t16-/m1/s1. The molecule has 1 saturated heterocycles. The van der Waals surface area contributed by atoms with Crippen LogP contribution in [-0.4, -0.2) is 43.7 Å². The molecule has 25 heavy (non-hydrogen) atoms. The lowest BCUT2D eigenvalue weighted by atomic mass is 10.0. The van der Waals surface area contributed by atoms with Crippen molar-refractivity contribution >= 4 is 11.7 Å². The van der Waals surface area contributed by atoms with Gasteiger partial charge in [-0.15, -0.1) is 0 Å². The summed E-state index contributed by atoms with van der Waals surface area (Å²) < 4.78 is 5.17. The van der Waals surface area contributed by atoms with Crippen LogP contribution < -0.4 is 15.4 Å². The van der Waals surface area contributed by atoms with Gasteiger partial charge in [0.25, 0.3) is 0 Å². The number of hydrogen-bond acceptors (Lipinski definition) is 4. The molecule has 0 aromatic heterocycles. The van der Waals surface area contributed by atoms with Crippen LogP contribution in [0.25, 0.3) is 0 Å². The van der Waals surface area contributed by atoms with E-state index in [2.05, 4.69) is 22.5 Å². The number of nitrogens with zero attached hydrogens (tertiary/aromatic N) is 2. The van der Waals surface area contributed by atoms with Crippen LogP contribution in [0, 0.1) is 17.2 Å². The van der Waals surface area contributed by atoms with Crippen LogP contribution in [0.2, 0.25) is 0 Å². The van der Waals surface area contributed by atoms with Crippen LogP contribution in [0.5, 0.6) is 5.75 Å². The molecule has 0 aliphatic carbocycles. The van der Waals surface area contributed by atoms with Gasteiger partial charge >= 0.3 is 6.03 Å². The number of carbonyl (C=O) groups is 1. The normalized spacial score (nSPS) is 17.5. The first-order valence-corrected chi connectivity index (χ1v) is 9.04. The predicted molar refractivity (Wildman–Crippen MR) is 98.6 cm³/mol. The number of urea groups is 1. The number of anilines is 1. The second-order valence-electron chi connectivity index (χ2n) is 6.61. The lowest BCUT2D eigenvalue weighted by Gasteiger charge is -2.30. The molecule has 136 valence electrons. The molecule has 6 nitrogen and oxygen atoms in total. The van der Waals surface area contributed by atoms with Gasteiger partial charge in [-0.3, -0.25) is 0 Å². The van der Waals surface area contributed by atoms with E-state index in [1.54, 1.807) is 24.3 Å². The van der Waals surface area contributed by atoms with Gasteiger partial charge in [-0.2, -0.15) is 5.26 Å². The second kappa shape index (κ2) is 10.6. The molecule has 1 aliphatic heterocycles. The number of ether oxygens (including phenoxy) is 1. The van der Waals surface area contributed by atoms with E-state index < -0.39 is 0 Å². The highest BCUT2D eigenvalue weighted by Crippen LogP contribution is 2.16. The molecule has 2 rings (SSSR count). The van der Waals surface area contributed by atoms with Gasteiger partial charge in [0.15, 0.2) is 6.61 Å². The van der Waals surface area contributed by atoms with E-state index in [0.717, 1.165) is 25.3 Å². The number of piperidine rings is 1. The zero-order valence-electron chi connectivity index (χ0n) is 15.0. The second-order valence-corrected chi connectivity index (χ2v) is 6.61. The van der Waals surface area contributed by atoms with Crippen molar-refractivity contribution < 1.29 is 9.53 Å². The summed E-state index contributed by atoms with van der Waals surface area (Å²) in [5.74, 6) is 1.42. The molecule has 0 radical (unpaired) electrons. The third-order valence-corrected chi connectivity index (χ3v) is 4.34. The fourth-order valence-corrected chi connectivity index (χ4v) is 3.08. The molecule has 0 unspecified atom stereocenters. The van der Waals surface area contributed by atoms with Gasteiger partial charge in [0.1, 0.15) is 11.8 Å². The van der Waals surface area contributed by atoms with Gasteiger partial charge in [0, 0.05) is 18.8 Å². The summed E-state index contributed by atoms with van der Waals surface area (Å²) in [5.41, 5.74) is 0.698. The van der Waals surface area contributed by atoms with Crippen LogP contribution in [0.3, 0.4) is 0 Å². The monoisotopic (exact) mass is 344 g/mol. The van der Waals surface area contributed by atoms with Crippen molar-refractivity contribution in [3.05, 3.63) is 24.3 Å². The van der Waals surface area contributed by atoms with Crippen LogP contribution in [0.4, 0.5) is 10.5 Å². The summed E-state index contributed by atoms with van der Waals surface area (Å²) in [4.78, 5) is 14.4. The van der Waals surface area contributed by atoms with E-state index in [0.29, 0.717) is 18.0 Å². The van der Waals surface area contributed by atoms with Crippen molar-refractivity contribution in [1.29, 1.82) is 5.26 Å². The lowest BCUT2D eigenvalue weighted by molar-refractivity contribution is 0.181. The molecule has 2 N–H and O–H groups in total. The number of rotatable bonds is 8. The molecular formula is C19H28N4O2. The van der Waals surface area contributed by atoms with Crippen molar-refractivity contribution in [2.45, 2.75) is 32.6 Å². The Morgan fingerprint density at radius 1 is 1.36 bits per heavy atom. The van der Waals surface area contributed by atoms with Gasteiger partial charge in [-0.1, -0.05) is 6.92 Å². The number of amides is 2. The first-order chi connectivity index (χ1) is 12.2. The zero-order valence-corrected chi connectivity index (χ0v) is 15.0. The topological polar surface area (TPSA) is 77.4 Å². The van der Waals surface area contributed by atoms with Crippen molar-refractivity contribution in [2.24, 2.45) is 5.92 Å². The molecule has 1 atom stereocenters. The maximum Gasteiger partial charge on any atom is 0.319 e. The van der Waals surface area contributed by atoms with Gasteiger partial charge in [-0.25, -0.2) is 4.79 Å². The first kappa shape index (κ1) is 19.1. The van der Waals surface area contributed by atoms with Crippen LogP contribution in [0.1, 0.15) is 32.6 Å². The number of nitrogens with one attached hydrogen (secondary N) is 2. The average Bonchev–Trinajstić information content (AvgIpc) is 2.61. The van der Waals surface area contributed by atoms with E-state index in [1.807, 2.05) is 6.07 Å². The Morgan fingerprint density at radius 3 is 2.88 bits per heavy atom. The van der Waals surface area contributed by atoms with E-state index in [4.69, 9.17) is 10.00 Å². The highest BCUT2D eigenvalue weighted by atomic mass is 16.5. The maximum atomic E-state index is 11.9. The number of likely N-dealkylation sites (tertiary alicyclic amines) is 1. The minimum absolute atomic E-state index is 0.0175. The Labute approximate surface area is 150 Å². The third kappa shape index (κ3) is 7.44. The van der Waals surface area contributed by atoms with Gasteiger partial charge < -0.3 is 20.3 Å². The molecule has 6 heteroatoms. The van der Waals surface area contributed by atoms with Crippen molar-refractivity contribution in [1.82, 2.24) is 10.2 Å².